The largest absolute Gasteiger partial charge is 0.344 e. The van der Waals surface area contributed by atoms with Crippen LogP contribution in [0.4, 0.5) is 0 Å². The van der Waals surface area contributed by atoms with Crippen molar-refractivity contribution >= 4 is 0 Å². The topological polar surface area (TPSA) is 42.2 Å². The summed E-state index contributed by atoms with van der Waals surface area (Å²) in [6.07, 6.45) is 16.0. The zero-order valence-electron chi connectivity index (χ0n) is 19.4. The maximum atomic E-state index is 8.93. The van der Waals surface area contributed by atoms with Gasteiger partial charge in [-0.2, -0.15) is 5.26 Å². The molecule has 3 nitrogen and oxygen atoms in total. The lowest BCUT2D eigenvalue weighted by Gasteiger charge is -2.59. The van der Waals surface area contributed by atoms with Crippen molar-refractivity contribution in [2.45, 2.75) is 97.2 Å². The van der Waals surface area contributed by atoms with Crippen molar-refractivity contribution in [2.24, 2.45) is 40.4 Å². The molecule has 0 amide bonds. The molecular formula is C27H41NO2. The van der Waals surface area contributed by atoms with Gasteiger partial charge in [-0.15, -0.1) is 0 Å². The Kier molecular flexibility index (Phi) is 5.35. The Morgan fingerprint density at radius 1 is 1.07 bits per heavy atom. The van der Waals surface area contributed by atoms with Crippen molar-refractivity contribution in [3.05, 3.63) is 11.6 Å². The highest BCUT2D eigenvalue weighted by molar-refractivity contribution is 5.27. The molecule has 1 spiro atoms. The van der Waals surface area contributed by atoms with Gasteiger partial charge < -0.3 is 9.47 Å². The van der Waals surface area contributed by atoms with E-state index in [0.29, 0.717) is 10.8 Å². The highest BCUT2D eigenvalue weighted by Gasteiger charge is 2.60. The number of ether oxygens (including phenoxy) is 2. The lowest BCUT2D eigenvalue weighted by molar-refractivity contribution is -0.144. The first-order valence-corrected chi connectivity index (χ1v) is 12.8. The van der Waals surface area contributed by atoms with Gasteiger partial charge in [0.15, 0.2) is 5.79 Å². The van der Waals surface area contributed by atoms with Crippen molar-refractivity contribution in [2.75, 3.05) is 13.2 Å². The molecule has 0 radical (unpaired) electrons. The fraction of sp³-hybridized carbons (Fsp3) is 0.889. The maximum Gasteiger partial charge on any atom is 0.188 e. The Bertz CT molecular complexity index is 732. The fourth-order valence-electron chi connectivity index (χ4n) is 9.06. The van der Waals surface area contributed by atoms with Crippen LogP contribution in [0, 0.1) is 51.8 Å². The number of hydrogen-bond acceptors (Lipinski definition) is 3. The van der Waals surface area contributed by atoms with Gasteiger partial charge in [0, 0.05) is 12.8 Å². The molecule has 1 saturated heterocycles. The Morgan fingerprint density at radius 3 is 2.63 bits per heavy atom. The Hall–Kier alpha value is -0.850. The number of rotatable bonds is 4. The first-order chi connectivity index (χ1) is 14.4. The Morgan fingerprint density at radius 2 is 1.87 bits per heavy atom. The second kappa shape index (κ2) is 7.63. The van der Waals surface area contributed by atoms with E-state index in [-0.39, 0.29) is 5.79 Å². The number of nitrogens with zero attached hydrogens (tertiary/aromatic N) is 1. The van der Waals surface area contributed by atoms with Gasteiger partial charge in [0.05, 0.1) is 19.3 Å². The quantitative estimate of drug-likeness (QED) is 0.385. The number of nitriles is 1. The number of fused-ring (bicyclic) bond motifs is 5. The standard InChI is InChI=1S/C27H41NO2/c1-19(6-4-5-15-28)22-9-10-23-21-8-7-20-18-27(29-16-17-30-27)14-13-25(20,2)24(21)11-12-26(22,23)3/h18-19,21-24H,4-14,16-17H2,1-3H3/t19?,21-,22+,23-,24-,25-,26+/m0/s1. The van der Waals surface area contributed by atoms with E-state index >= 15 is 0 Å². The van der Waals surface area contributed by atoms with Crippen molar-refractivity contribution in [1.82, 2.24) is 0 Å². The van der Waals surface area contributed by atoms with E-state index in [1.54, 1.807) is 5.57 Å². The van der Waals surface area contributed by atoms with E-state index in [1.807, 2.05) is 0 Å². The van der Waals surface area contributed by atoms with Gasteiger partial charge in [0.1, 0.15) is 0 Å². The molecule has 0 aromatic rings. The molecule has 0 aromatic carbocycles. The first-order valence-electron chi connectivity index (χ1n) is 12.8. The van der Waals surface area contributed by atoms with Gasteiger partial charge in [-0.25, -0.2) is 0 Å². The van der Waals surface area contributed by atoms with Crippen molar-refractivity contribution < 1.29 is 9.47 Å². The van der Waals surface area contributed by atoms with E-state index < -0.39 is 0 Å². The average molecular weight is 412 g/mol. The van der Waals surface area contributed by atoms with Crippen molar-refractivity contribution in [1.29, 1.82) is 5.26 Å². The molecule has 4 fully saturated rings. The summed E-state index contributed by atoms with van der Waals surface area (Å²) < 4.78 is 12.1. The molecule has 5 aliphatic rings. The van der Waals surface area contributed by atoms with E-state index in [1.165, 1.54) is 51.4 Å². The molecule has 30 heavy (non-hydrogen) atoms. The van der Waals surface area contributed by atoms with Crippen LogP contribution in [0.5, 0.6) is 0 Å². The summed E-state index contributed by atoms with van der Waals surface area (Å²) in [6.45, 7) is 9.21. The van der Waals surface area contributed by atoms with Crippen LogP contribution in [0.1, 0.15) is 91.4 Å². The molecule has 1 unspecified atom stereocenters. The van der Waals surface area contributed by atoms with Gasteiger partial charge in [-0.3, -0.25) is 0 Å². The van der Waals surface area contributed by atoms with Gasteiger partial charge in [-0.05, 0) is 104 Å². The summed E-state index contributed by atoms with van der Waals surface area (Å²) in [5.74, 6) is 3.91. The molecule has 3 heteroatoms. The summed E-state index contributed by atoms with van der Waals surface area (Å²) in [6, 6.07) is 2.34. The number of allylic oxidation sites excluding steroid dienone is 1. The zero-order valence-corrected chi connectivity index (χ0v) is 19.4. The monoisotopic (exact) mass is 411 g/mol. The van der Waals surface area contributed by atoms with Crippen LogP contribution < -0.4 is 0 Å². The summed E-state index contributed by atoms with van der Waals surface area (Å²) in [5.41, 5.74) is 2.54. The molecule has 0 bridgehead atoms. The number of unbranched alkanes of at least 4 members (excludes halogenated alkanes) is 1. The predicted octanol–water partition coefficient (Wildman–Crippen LogP) is 6.64. The van der Waals surface area contributed by atoms with Gasteiger partial charge in [0.25, 0.3) is 0 Å². The van der Waals surface area contributed by atoms with E-state index in [2.05, 4.69) is 32.9 Å². The summed E-state index contributed by atoms with van der Waals surface area (Å²) in [7, 11) is 0. The molecule has 0 aromatic heterocycles. The van der Waals surface area contributed by atoms with Crippen LogP contribution in [0.15, 0.2) is 11.6 Å². The number of hydrogen-bond donors (Lipinski definition) is 0. The van der Waals surface area contributed by atoms with Crippen LogP contribution in [0.2, 0.25) is 0 Å². The molecule has 0 N–H and O–H groups in total. The van der Waals surface area contributed by atoms with E-state index in [4.69, 9.17) is 14.7 Å². The van der Waals surface area contributed by atoms with E-state index in [0.717, 1.165) is 62.1 Å². The van der Waals surface area contributed by atoms with Gasteiger partial charge >= 0.3 is 0 Å². The summed E-state index contributed by atoms with van der Waals surface area (Å²) >= 11 is 0. The molecule has 1 aliphatic heterocycles. The molecule has 1 heterocycles. The Labute approximate surface area is 183 Å². The average Bonchev–Trinajstić information content (AvgIpc) is 3.33. The summed E-state index contributed by atoms with van der Waals surface area (Å²) in [5, 5.41) is 8.93. The molecule has 4 aliphatic carbocycles. The van der Waals surface area contributed by atoms with Crippen LogP contribution in [-0.2, 0) is 9.47 Å². The van der Waals surface area contributed by atoms with Crippen LogP contribution >= 0.6 is 0 Å². The first kappa shape index (κ1) is 21.0. The van der Waals surface area contributed by atoms with Crippen LogP contribution in [0.3, 0.4) is 0 Å². The minimum Gasteiger partial charge on any atom is -0.344 e. The van der Waals surface area contributed by atoms with Crippen LogP contribution in [-0.4, -0.2) is 19.0 Å². The second-order valence-corrected chi connectivity index (χ2v) is 11.8. The smallest absolute Gasteiger partial charge is 0.188 e. The van der Waals surface area contributed by atoms with Gasteiger partial charge in [-0.1, -0.05) is 26.3 Å². The third-order valence-electron chi connectivity index (χ3n) is 10.6. The lowest BCUT2D eigenvalue weighted by atomic mass is 9.46. The van der Waals surface area contributed by atoms with Crippen molar-refractivity contribution in [3.8, 4) is 6.07 Å². The third kappa shape index (κ3) is 3.12. The maximum absolute atomic E-state index is 8.93. The SMILES string of the molecule is CC(CCCC#N)[C@H]1CC[C@H]2[C@@H]3CCC4=CC5(CC[C@]4(C)[C@H]3CC[C@]12C)OCCO5. The molecule has 7 atom stereocenters. The molecule has 5 rings (SSSR count). The minimum absolute atomic E-state index is 0.362. The fourth-order valence-corrected chi connectivity index (χ4v) is 9.06. The normalized spacial score (nSPS) is 45.2. The molecule has 166 valence electrons. The zero-order chi connectivity index (χ0) is 21.0. The third-order valence-corrected chi connectivity index (χ3v) is 10.6. The molecular weight excluding hydrogens is 370 g/mol. The van der Waals surface area contributed by atoms with Gasteiger partial charge in [0.2, 0.25) is 0 Å². The lowest BCUT2D eigenvalue weighted by Crippen LogP contribution is -2.52. The van der Waals surface area contributed by atoms with Crippen LogP contribution in [0.25, 0.3) is 0 Å². The minimum atomic E-state index is -0.387. The molecule has 3 saturated carbocycles. The predicted molar refractivity (Wildman–Crippen MR) is 118 cm³/mol. The van der Waals surface area contributed by atoms with E-state index in [9.17, 15) is 0 Å². The highest BCUT2D eigenvalue weighted by Crippen LogP contribution is 2.68. The summed E-state index contributed by atoms with van der Waals surface area (Å²) in [4.78, 5) is 0. The Balaban J connectivity index is 1.35. The second-order valence-electron chi connectivity index (χ2n) is 11.8. The van der Waals surface area contributed by atoms with Crippen molar-refractivity contribution in [3.63, 3.8) is 0 Å². The highest BCUT2D eigenvalue weighted by atomic mass is 16.7.